The van der Waals surface area contributed by atoms with E-state index in [0.29, 0.717) is 17.5 Å². The fraction of sp³-hybridized carbons (Fsp3) is 0.167. The Morgan fingerprint density at radius 3 is 2.69 bits per heavy atom. The van der Waals surface area contributed by atoms with Gasteiger partial charge in [-0.15, -0.1) is 0 Å². The van der Waals surface area contributed by atoms with Gasteiger partial charge in [-0.05, 0) is 40.8 Å². The van der Waals surface area contributed by atoms with E-state index in [9.17, 15) is 9.18 Å². The first-order valence-electron chi connectivity index (χ1n) is 7.59. The molecule has 0 unspecified atom stereocenters. The van der Waals surface area contributed by atoms with E-state index < -0.39 is 0 Å². The Kier molecular flexibility index (Phi) is 8.60. The van der Waals surface area contributed by atoms with Gasteiger partial charge in [-0.1, -0.05) is 53.3 Å². The molecule has 0 fully saturated rings. The van der Waals surface area contributed by atoms with Crippen LogP contribution in [0.1, 0.15) is 11.1 Å². The lowest BCUT2D eigenvalue weighted by Gasteiger charge is -2.12. The minimum absolute atomic E-state index is 0.144. The average Bonchev–Trinajstić information content (AvgIpc) is 2.63. The number of aliphatic imine (C=N–C) groups is 1. The molecule has 1 N–H and O–H groups in total. The number of ether oxygens (including phenoxy) is 1. The highest BCUT2D eigenvalue weighted by molar-refractivity contribution is 8.82. The maximum Gasteiger partial charge on any atom is 0.230 e. The van der Waals surface area contributed by atoms with Crippen LogP contribution in [0.5, 0.6) is 5.75 Å². The van der Waals surface area contributed by atoms with Crippen LogP contribution in [0.3, 0.4) is 0 Å². The van der Waals surface area contributed by atoms with Crippen molar-refractivity contribution >= 4 is 50.4 Å². The van der Waals surface area contributed by atoms with Crippen LogP contribution < -0.4 is 10.1 Å². The maximum atomic E-state index is 13.0. The number of benzene rings is 2. The quantitative estimate of drug-likeness (QED) is 0.319. The predicted molar refractivity (Wildman–Crippen MR) is 111 cm³/mol. The molecule has 2 aromatic carbocycles. The standard InChI is InChI=1S/C18H17FN2O2S3/c1-25-26-18(20-12-24)21-17(22)10-14-4-2-3-5-16(14)23-11-13-6-8-15(19)9-7-13/h2-9,12H,10-11H2,1H3,(H,20,21,22,24). The Bertz CT molecular complexity index is 782. The van der Waals surface area contributed by atoms with E-state index in [2.05, 4.69) is 10.3 Å². The number of hydrogen-bond acceptors (Lipinski definition) is 5. The molecule has 0 radical (unpaired) electrons. The zero-order valence-electron chi connectivity index (χ0n) is 14.0. The summed E-state index contributed by atoms with van der Waals surface area (Å²) >= 11 is 4.70. The van der Waals surface area contributed by atoms with Crippen molar-refractivity contribution in [2.24, 2.45) is 4.99 Å². The molecule has 0 spiro atoms. The van der Waals surface area contributed by atoms with Gasteiger partial charge in [0.25, 0.3) is 0 Å². The first kappa shape index (κ1) is 20.4. The van der Waals surface area contributed by atoms with Gasteiger partial charge in [0, 0.05) is 5.56 Å². The molecular formula is C18H17FN2O2S3. The molecule has 2 aromatic rings. The summed E-state index contributed by atoms with van der Waals surface area (Å²) in [6.45, 7) is 0.291. The minimum atomic E-state index is -0.289. The van der Waals surface area contributed by atoms with E-state index in [1.54, 1.807) is 18.2 Å². The Morgan fingerprint density at radius 2 is 2.00 bits per heavy atom. The number of halogens is 1. The Hall–Kier alpha value is -1.90. The number of hydrogen-bond donors (Lipinski definition) is 1. The summed E-state index contributed by atoms with van der Waals surface area (Å²) in [6, 6.07) is 13.4. The number of nitrogens with one attached hydrogen (secondary N) is 1. The first-order chi connectivity index (χ1) is 12.6. The fourth-order valence-electron chi connectivity index (χ4n) is 2.07. The largest absolute Gasteiger partial charge is 0.489 e. The molecular weight excluding hydrogens is 391 g/mol. The first-order valence-corrected chi connectivity index (χ1v) is 10.6. The van der Waals surface area contributed by atoms with E-state index in [-0.39, 0.29) is 18.1 Å². The molecule has 2 rings (SSSR count). The van der Waals surface area contributed by atoms with Gasteiger partial charge in [0.2, 0.25) is 5.91 Å². The van der Waals surface area contributed by atoms with Crippen LogP contribution in [0.2, 0.25) is 0 Å². The molecule has 0 saturated carbocycles. The molecule has 0 heterocycles. The van der Waals surface area contributed by atoms with Gasteiger partial charge in [-0.2, -0.15) is 0 Å². The van der Waals surface area contributed by atoms with Crippen molar-refractivity contribution in [1.82, 2.24) is 5.32 Å². The number of thiocarbonyl (C=S) groups is 1. The van der Waals surface area contributed by atoms with Crippen molar-refractivity contribution in [3.8, 4) is 5.75 Å². The van der Waals surface area contributed by atoms with Crippen LogP contribution in [-0.2, 0) is 17.8 Å². The summed E-state index contributed by atoms with van der Waals surface area (Å²) in [4.78, 5) is 16.2. The molecule has 26 heavy (non-hydrogen) atoms. The lowest BCUT2D eigenvalue weighted by molar-refractivity contribution is -0.119. The average molecular weight is 409 g/mol. The highest BCUT2D eigenvalue weighted by atomic mass is 33.1. The van der Waals surface area contributed by atoms with Crippen LogP contribution in [0, 0.1) is 5.82 Å². The zero-order chi connectivity index (χ0) is 18.8. The lowest BCUT2D eigenvalue weighted by atomic mass is 10.1. The SMILES string of the molecule is CSSC(=NC=S)NC(=O)Cc1ccccc1OCc1ccc(F)cc1. The van der Waals surface area contributed by atoms with Crippen LogP contribution in [0.25, 0.3) is 0 Å². The number of rotatable bonds is 7. The van der Waals surface area contributed by atoms with Gasteiger partial charge >= 0.3 is 0 Å². The molecule has 0 aliphatic rings. The summed E-state index contributed by atoms with van der Waals surface area (Å²) in [7, 11) is 2.79. The van der Waals surface area contributed by atoms with Gasteiger partial charge in [0.05, 0.1) is 11.9 Å². The van der Waals surface area contributed by atoms with Crippen molar-refractivity contribution in [1.29, 1.82) is 0 Å². The second-order valence-corrected chi connectivity index (χ2v) is 7.63. The van der Waals surface area contributed by atoms with E-state index in [1.165, 1.54) is 39.2 Å². The molecule has 0 saturated heterocycles. The van der Waals surface area contributed by atoms with Crippen molar-refractivity contribution in [2.45, 2.75) is 13.0 Å². The van der Waals surface area contributed by atoms with Crippen LogP contribution >= 0.6 is 33.8 Å². The summed E-state index contributed by atoms with van der Waals surface area (Å²) < 4.78 is 18.8. The lowest BCUT2D eigenvalue weighted by Crippen LogP contribution is -2.29. The second kappa shape index (κ2) is 10.9. The van der Waals surface area contributed by atoms with Gasteiger partial charge in [0.1, 0.15) is 18.2 Å². The molecule has 8 heteroatoms. The van der Waals surface area contributed by atoms with Crippen molar-refractivity contribution in [3.05, 3.63) is 65.5 Å². The number of carbonyl (C=O) groups excluding carboxylic acids is 1. The highest BCUT2D eigenvalue weighted by Crippen LogP contribution is 2.21. The summed E-state index contributed by atoms with van der Waals surface area (Å²) in [5.41, 5.74) is 2.82. The number of para-hydroxylation sites is 1. The normalized spacial score (nSPS) is 11.1. The summed E-state index contributed by atoms with van der Waals surface area (Å²) in [6.07, 6.45) is 2.03. The van der Waals surface area contributed by atoms with Crippen molar-refractivity contribution < 1.29 is 13.9 Å². The summed E-state index contributed by atoms with van der Waals surface area (Å²) in [5, 5.41) is 3.18. The highest BCUT2D eigenvalue weighted by Gasteiger charge is 2.11. The zero-order valence-corrected chi connectivity index (χ0v) is 16.4. The molecule has 0 aliphatic heterocycles. The van der Waals surface area contributed by atoms with Gasteiger partial charge in [-0.25, -0.2) is 9.38 Å². The van der Waals surface area contributed by atoms with Crippen LogP contribution in [0.15, 0.2) is 53.5 Å². The van der Waals surface area contributed by atoms with Crippen LogP contribution in [-0.4, -0.2) is 22.8 Å². The Morgan fingerprint density at radius 1 is 1.27 bits per heavy atom. The van der Waals surface area contributed by atoms with Crippen LogP contribution in [0.4, 0.5) is 4.39 Å². The number of amidine groups is 1. The fourth-order valence-corrected chi connectivity index (χ4v) is 3.38. The maximum absolute atomic E-state index is 13.0. The van der Waals surface area contributed by atoms with Gasteiger partial charge < -0.3 is 10.1 Å². The topological polar surface area (TPSA) is 50.7 Å². The van der Waals surface area contributed by atoms with E-state index in [0.717, 1.165) is 11.1 Å². The van der Waals surface area contributed by atoms with E-state index in [1.807, 2.05) is 24.5 Å². The smallest absolute Gasteiger partial charge is 0.230 e. The van der Waals surface area contributed by atoms with Crippen molar-refractivity contribution in [3.63, 3.8) is 0 Å². The molecule has 1 amide bonds. The molecule has 136 valence electrons. The molecule has 4 nitrogen and oxygen atoms in total. The minimum Gasteiger partial charge on any atom is -0.489 e. The van der Waals surface area contributed by atoms with Gasteiger partial charge in [0.15, 0.2) is 5.17 Å². The third-order valence-electron chi connectivity index (χ3n) is 3.21. The summed E-state index contributed by atoms with van der Waals surface area (Å²) in [5.74, 6) is 0.112. The monoisotopic (exact) mass is 408 g/mol. The molecule has 0 bridgehead atoms. The second-order valence-electron chi connectivity index (χ2n) is 5.04. The Balaban J connectivity index is 2.01. The number of carbonyl (C=O) groups is 1. The predicted octanol–water partition coefficient (Wildman–Crippen LogP) is 4.39. The molecule has 0 aromatic heterocycles. The van der Waals surface area contributed by atoms with E-state index >= 15 is 0 Å². The molecule has 0 aliphatic carbocycles. The third-order valence-corrected chi connectivity index (χ3v) is 4.82. The third kappa shape index (κ3) is 6.78. The Labute approximate surface area is 165 Å². The number of amides is 1. The van der Waals surface area contributed by atoms with E-state index in [4.69, 9.17) is 17.0 Å². The van der Waals surface area contributed by atoms with Gasteiger partial charge in [-0.3, -0.25) is 4.79 Å². The van der Waals surface area contributed by atoms with Crippen molar-refractivity contribution in [2.75, 3.05) is 6.26 Å². The molecule has 0 atom stereocenters. The number of nitrogens with zero attached hydrogens (tertiary/aromatic N) is 1.